The van der Waals surface area contributed by atoms with Crippen molar-refractivity contribution in [2.45, 2.75) is 32.6 Å². The number of aryl methyl sites for hydroxylation is 1. The van der Waals surface area contributed by atoms with Crippen LogP contribution in [0.15, 0.2) is 9.98 Å². The van der Waals surface area contributed by atoms with Crippen molar-refractivity contribution >= 4 is 24.8 Å². The van der Waals surface area contributed by atoms with Gasteiger partial charge in [0.05, 0.1) is 5.69 Å². The number of carbonyl (C=O) groups excluding carboxylic acids is 1. The van der Waals surface area contributed by atoms with E-state index in [9.17, 15) is 4.79 Å². The Balaban J connectivity index is 1.94. The van der Waals surface area contributed by atoms with Crippen molar-refractivity contribution < 1.29 is 4.79 Å². The molecule has 0 aliphatic carbocycles. The summed E-state index contributed by atoms with van der Waals surface area (Å²) in [7, 11) is 0. The smallest absolute Gasteiger partial charge is 0.222 e. The third-order valence-corrected chi connectivity index (χ3v) is 3.21. The van der Waals surface area contributed by atoms with Crippen molar-refractivity contribution in [2.24, 2.45) is 9.98 Å². The van der Waals surface area contributed by atoms with Crippen LogP contribution in [-0.2, 0) is 11.2 Å². The summed E-state index contributed by atoms with van der Waals surface area (Å²) in [5.74, 6) is 1.74. The quantitative estimate of drug-likeness (QED) is 0.646. The zero-order valence-electron chi connectivity index (χ0n) is 11.2. The number of H-pyrrole nitrogens is 1. The van der Waals surface area contributed by atoms with Crippen molar-refractivity contribution in [3.05, 3.63) is 11.5 Å². The van der Waals surface area contributed by atoms with Crippen molar-refractivity contribution in [3.63, 3.8) is 0 Å². The van der Waals surface area contributed by atoms with Crippen molar-refractivity contribution in [1.29, 1.82) is 0 Å². The van der Waals surface area contributed by atoms with E-state index in [2.05, 4.69) is 26.7 Å². The molecule has 0 spiro atoms. The Morgan fingerprint density at radius 2 is 2.37 bits per heavy atom. The molecule has 19 heavy (non-hydrogen) atoms. The highest BCUT2D eigenvalue weighted by atomic mass is 16.2. The molecule has 0 atom stereocenters. The Morgan fingerprint density at radius 3 is 3.11 bits per heavy atom. The van der Waals surface area contributed by atoms with Crippen LogP contribution in [0.1, 0.15) is 30.8 Å². The number of piperidine rings is 1. The van der Waals surface area contributed by atoms with Gasteiger partial charge in [0.25, 0.3) is 0 Å². The lowest BCUT2D eigenvalue weighted by molar-refractivity contribution is -0.133. The maximum atomic E-state index is 11.7. The first kappa shape index (κ1) is 13.5. The topological polar surface area (TPSA) is 73.7 Å². The molecule has 0 aromatic carbocycles. The van der Waals surface area contributed by atoms with Crippen molar-refractivity contribution in [2.75, 3.05) is 13.1 Å². The van der Waals surface area contributed by atoms with Gasteiger partial charge in [0.15, 0.2) is 5.82 Å². The molecule has 1 fully saturated rings. The molecular formula is C13H19N5O. The lowest BCUT2D eigenvalue weighted by Crippen LogP contribution is -2.36. The number of aliphatic imine (C=N–C) groups is 2. The minimum Gasteiger partial charge on any atom is -0.344 e. The Hall–Kier alpha value is -1.98. The second-order valence-electron chi connectivity index (χ2n) is 4.65. The summed E-state index contributed by atoms with van der Waals surface area (Å²) in [6.07, 6.45) is 4.90. The monoisotopic (exact) mass is 261 g/mol. The summed E-state index contributed by atoms with van der Waals surface area (Å²) in [6, 6.07) is 0. The molecule has 1 N–H and O–H groups in total. The van der Waals surface area contributed by atoms with Crippen LogP contribution in [0.3, 0.4) is 0 Å². The molecule has 6 nitrogen and oxygen atoms in total. The van der Waals surface area contributed by atoms with Gasteiger partial charge in [-0.1, -0.05) is 0 Å². The lowest BCUT2D eigenvalue weighted by Gasteiger charge is -2.26. The Morgan fingerprint density at radius 1 is 1.53 bits per heavy atom. The number of imidazole rings is 1. The second kappa shape index (κ2) is 6.26. The first-order valence-electron chi connectivity index (χ1n) is 6.52. The van der Waals surface area contributed by atoms with E-state index in [1.165, 1.54) is 6.34 Å². The summed E-state index contributed by atoms with van der Waals surface area (Å²) >= 11 is 0. The molecule has 1 aliphatic rings. The third kappa shape index (κ3) is 3.49. The molecule has 6 heteroatoms. The molecule has 1 amide bonds. The third-order valence-electron chi connectivity index (χ3n) is 3.21. The Labute approximate surface area is 112 Å². The van der Waals surface area contributed by atoms with E-state index in [1.54, 1.807) is 0 Å². The number of rotatable bonds is 5. The van der Waals surface area contributed by atoms with Crippen LogP contribution in [0.5, 0.6) is 0 Å². The van der Waals surface area contributed by atoms with E-state index in [-0.39, 0.29) is 5.91 Å². The maximum Gasteiger partial charge on any atom is 0.222 e. The largest absolute Gasteiger partial charge is 0.344 e. The number of hydrogen-bond acceptors (Lipinski definition) is 3. The fourth-order valence-corrected chi connectivity index (χ4v) is 2.19. The van der Waals surface area contributed by atoms with E-state index in [1.807, 2.05) is 11.8 Å². The van der Waals surface area contributed by atoms with Gasteiger partial charge in [-0.05, 0) is 26.5 Å². The average molecular weight is 261 g/mol. The molecule has 0 bridgehead atoms. The number of aromatic nitrogens is 2. The molecule has 2 rings (SSSR count). The molecule has 0 unspecified atom stereocenters. The zero-order chi connectivity index (χ0) is 13.7. The standard InChI is InChI=1S/C13H19N5O/c1-10-13(15-9-14-2)17-11(16-10)6-8-18-7-4-3-5-12(18)19/h9H,2-8H2,1H3,(H,16,17). The van der Waals surface area contributed by atoms with Gasteiger partial charge in [-0.25, -0.2) is 9.98 Å². The van der Waals surface area contributed by atoms with Crippen LogP contribution in [-0.4, -0.2) is 46.9 Å². The summed E-state index contributed by atoms with van der Waals surface area (Å²) in [4.78, 5) is 28.8. The van der Waals surface area contributed by atoms with E-state index in [0.29, 0.717) is 18.8 Å². The highest BCUT2D eigenvalue weighted by molar-refractivity contribution is 5.76. The van der Waals surface area contributed by atoms with Gasteiger partial charge in [-0.3, -0.25) is 9.79 Å². The average Bonchev–Trinajstić information content (AvgIpc) is 2.76. The normalized spacial score (nSPS) is 16.3. The number of nitrogens with one attached hydrogen (secondary N) is 1. The minimum absolute atomic E-state index is 0.253. The first-order valence-corrected chi connectivity index (χ1v) is 6.52. The number of likely N-dealkylation sites (tertiary alicyclic amines) is 1. The highest BCUT2D eigenvalue weighted by Crippen LogP contribution is 2.16. The molecule has 0 saturated carbocycles. The SMILES string of the molecule is C=NC=Nc1nc(CCN2CCCCC2=O)[nH]c1C. The second-order valence-corrected chi connectivity index (χ2v) is 4.65. The Bertz CT molecular complexity index is 491. The number of nitrogens with zero attached hydrogens (tertiary/aromatic N) is 4. The zero-order valence-corrected chi connectivity index (χ0v) is 11.2. The van der Waals surface area contributed by atoms with Gasteiger partial charge in [0, 0.05) is 25.9 Å². The maximum absolute atomic E-state index is 11.7. The fourth-order valence-electron chi connectivity index (χ4n) is 2.19. The molecule has 1 aromatic rings. The molecule has 0 radical (unpaired) electrons. The van der Waals surface area contributed by atoms with Crippen LogP contribution in [0.2, 0.25) is 0 Å². The van der Waals surface area contributed by atoms with Gasteiger partial charge in [-0.2, -0.15) is 0 Å². The van der Waals surface area contributed by atoms with Gasteiger partial charge < -0.3 is 9.88 Å². The van der Waals surface area contributed by atoms with E-state index in [4.69, 9.17) is 0 Å². The summed E-state index contributed by atoms with van der Waals surface area (Å²) in [5.41, 5.74) is 0.903. The Kier molecular flexibility index (Phi) is 4.43. The summed E-state index contributed by atoms with van der Waals surface area (Å²) in [6.45, 7) is 6.83. The molecule has 1 aliphatic heterocycles. The predicted molar refractivity (Wildman–Crippen MR) is 75.2 cm³/mol. The molecular weight excluding hydrogens is 242 g/mol. The van der Waals surface area contributed by atoms with Crippen LogP contribution < -0.4 is 0 Å². The van der Waals surface area contributed by atoms with Gasteiger partial charge in [-0.15, -0.1) is 0 Å². The molecule has 102 valence electrons. The number of aromatic amines is 1. The van der Waals surface area contributed by atoms with Crippen LogP contribution in [0.4, 0.5) is 5.82 Å². The highest BCUT2D eigenvalue weighted by Gasteiger charge is 2.18. The number of amides is 1. The summed E-state index contributed by atoms with van der Waals surface area (Å²) < 4.78 is 0. The van der Waals surface area contributed by atoms with Crippen molar-refractivity contribution in [1.82, 2.24) is 14.9 Å². The van der Waals surface area contributed by atoms with E-state index >= 15 is 0 Å². The number of carbonyl (C=O) groups is 1. The fraction of sp³-hybridized carbons (Fsp3) is 0.538. The lowest BCUT2D eigenvalue weighted by atomic mass is 10.1. The van der Waals surface area contributed by atoms with E-state index < -0.39 is 0 Å². The number of hydrogen-bond donors (Lipinski definition) is 1. The molecule has 1 saturated heterocycles. The van der Waals surface area contributed by atoms with E-state index in [0.717, 1.165) is 37.3 Å². The van der Waals surface area contributed by atoms with Crippen LogP contribution in [0.25, 0.3) is 0 Å². The predicted octanol–water partition coefficient (Wildman–Crippen LogP) is 1.63. The van der Waals surface area contributed by atoms with Crippen molar-refractivity contribution in [3.8, 4) is 0 Å². The van der Waals surface area contributed by atoms with Crippen LogP contribution >= 0.6 is 0 Å². The molecule has 2 heterocycles. The van der Waals surface area contributed by atoms with Gasteiger partial charge in [0.1, 0.15) is 12.2 Å². The van der Waals surface area contributed by atoms with Crippen LogP contribution in [0, 0.1) is 6.92 Å². The van der Waals surface area contributed by atoms with Gasteiger partial charge >= 0.3 is 0 Å². The van der Waals surface area contributed by atoms with Gasteiger partial charge in [0.2, 0.25) is 5.91 Å². The minimum atomic E-state index is 0.253. The molecule has 1 aromatic heterocycles. The summed E-state index contributed by atoms with van der Waals surface area (Å²) in [5, 5.41) is 0. The first-order chi connectivity index (χ1) is 9.20.